The van der Waals surface area contributed by atoms with Crippen LogP contribution in [0.25, 0.3) is 0 Å². The van der Waals surface area contributed by atoms with E-state index in [0.717, 1.165) is 0 Å². The topological polar surface area (TPSA) is 103 Å². The Balaban J connectivity index is 3.46. The fourth-order valence-electron chi connectivity index (χ4n) is 3.29. The molecule has 1 heterocycles. The van der Waals surface area contributed by atoms with E-state index in [0.29, 0.717) is 6.29 Å². The summed E-state index contributed by atoms with van der Waals surface area (Å²) < 4.78 is 23.7. The van der Waals surface area contributed by atoms with E-state index >= 15 is 0 Å². The second-order valence-corrected chi connectivity index (χ2v) is 17.6. The number of alkyl carbamates (subject to hydrolysis) is 1. The van der Waals surface area contributed by atoms with E-state index in [1.54, 1.807) is 55.4 Å². The van der Waals surface area contributed by atoms with E-state index in [4.69, 9.17) is 18.6 Å². The predicted octanol–water partition coefficient (Wildman–Crippen LogP) is 4.84. The van der Waals surface area contributed by atoms with Crippen molar-refractivity contribution in [2.45, 2.75) is 129 Å². The van der Waals surface area contributed by atoms with Gasteiger partial charge in [-0.05, 0) is 73.5 Å². The maximum atomic E-state index is 13.3. The Morgan fingerprint density at radius 1 is 1.03 bits per heavy atom. The van der Waals surface area contributed by atoms with Gasteiger partial charge in [0.05, 0.1) is 18.8 Å². The molecule has 0 aliphatic carbocycles. The Bertz CT molecular complexity index is 748. The number of rotatable bonds is 6. The lowest BCUT2D eigenvalue weighted by atomic mass is 10.0. The second-order valence-electron chi connectivity index (χ2n) is 12.8. The van der Waals surface area contributed by atoms with Crippen molar-refractivity contribution in [3.05, 3.63) is 0 Å². The van der Waals surface area contributed by atoms with Gasteiger partial charge in [0.2, 0.25) is 0 Å². The number of hydrogen-bond donors (Lipinski definition) is 1. The maximum absolute atomic E-state index is 13.3. The molecule has 0 saturated carbocycles. The van der Waals surface area contributed by atoms with Crippen molar-refractivity contribution in [2.24, 2.45) is 0 Å². The second kappa shape index (κ2) is 10.1. The third-order valence-corrected chi connectivity index (χ3v) is 10.4. The molecule has 10 heteroatoms. The molecule has 0 spiro atoms. The number of hydrogen-bond acceptors (Lipinski definition) is 7. The lowest BCUT2D eigenvalue weighted by molar-refractivity contribution is -0.113. The summed E-state index contributed by atoms with van der Waals surface area (Å²) in [4.78, 5) is 39.6. The Labute approximate surface area is 206 Å². The summed E-state index contributed by atoms with van der Waals surface area (Å²) in [7, 11) is -2.46. The summed E-state index contributed by atoms with van der Waals surface area (Å²) in [5, 5.41) is 2.46. The van der Waals surface area contributed by atoms with E-state index in [-0.39, 0.29) is 11.6 Å². The fraction of sp³-hybridized carbons (Fsp3) is 0.875. The van der Waals surface area contributed by atoms with Gasteiger partial charge >= 0.3 is 12.2 Å². The first-order valence-electron chi connectivity index (χ1n) is 11.8. The van der Waals surface area contributed by atoms with Crippen LogP contribution in [-0.4, -0.2) is 73.4 Å². The van der Waals surface area contributed by atoms with E-state index < -0.39 is 55.6 Å². The molecule has 1 rings (SSSR count). The smallest absolute Gasteiger partial charge is 0.412 e. The van der Waals surface area contributed by atoms with Crippen molar-refractivity contribution < 1.29 is 33.0 Å². The number of carbonyl (C=O) groups is 3. The molecule has 34 heavy (non-hydrogen) atoms. The predicted molar refractivity (Wildman–Crippen MR) is 133 cm³/mol. The van der Waals surface area contributed by atoms with E-state index in [9.17, 15) is 14.4 Å². The molecule has 1 aliphatic heterocycles. The minimum atomic E-state index is -2.46. The zero-order valence-electron chi connectivity index (χ0n) is 23.3. The largest absolute Gasteiger partial charge is 0.444 e. The summed E-state index contributed by atoms with van der Waals surface area (Å²) in [5.74, 6) is 0. The van der Waals surface area contributed by atoms with Crippen LogP contribution in [0, 0.1) is 0 Å². The normalized spacial score (nSPS) is 21.0. The van der Waals surface area contributed by atoms with Gasteiger partial charge in [0.1, 0.15) is 29.3 Å². The molecule has 0 radical (unpaired) electrons. The Hall–Kier alpha value is -1.65. The zero-order chi connectivity index (χ0) is 26.9. The van der Waals surface area contributed by atoms with Gasteiger partial charge in [0.15, 0.2) is 8.32 Å². The highest BCUT2D eigenvalue weighted by Crippen LogP contribution is 2.40. The molecule has 2 amide bonds. The average Bonchev–Trinajstić information content (AvgIpc) is 2.88. The van der Waals surface area contributed by atoms with Gasteiger partial charge in [-0.3, -0.25) is 4.90 Å². The Morgan fingerprint density at radius 3 is 1.94 bits per heavy atom. The van der Waals surface area contributed by atoms with Gasteiger partial charge in [0.25, 0.3) is 0 Å². The quantitative estimate of drug-likeness (QED) is 0.409. The molecule has 3 atom stereocenters. The number of carbonyl (C=O) groups excluding carboxylic acids is 3. The number of ether oxygens (including phenoxy) is 3. The van der Waals surface area contributed by atoms with Gasteiger partial charge in [0, 0.05) is 0 Å². The molecule has 0 aromatic carbocycles. The summed E-state index contributed by atoms with van der Waals surface area (Å²) in [6, 6.07) is -1.75. The Kier molecular flexibility index (Phi) is 9.06. The standard InChI is InChI=1S/C24H46N2O7Si/c1-21(2,3)31-19(28)25-16(14-27)18(33-34(12,13)23(7,8)9)17-15-30-24(10,11)26(17)20(29)32-22(4,5)6/h14,16-18H,15H2,1-13H3,(H,25,28)/t16-,17+,18-/m1/s1. The van der Waals surface area contributed by atoms with Crippen LogP contribution in [0.4, 0.5) is 9.59 Å². The van der Waals surface area contributed by atoms with Crippen molar-refractivity contribution in [1.82, 2.24) is 10.2 Å². The zero-order valence-corrected chi connectivity index (χ0v) is 24.3. The number of aldehydes is 1. The highest BCUT2D eigenvalue weighted by atomic mass is 28.4. The van der Waals surface area contributed by atoms with Crippen molar-refractivity contribution in [3.63, 3.8) is 0 Å². The molecular formula is C24H46N2O7Si. The first-order valence-corrected chi connectivity index (χ1v) is 14.7. The van der Waals surface area contributed by atoms with Crippen molar-refractivity contribution in [1.29, 1.82) is 0 Å². The van der Waals surface area contributed by atoms with Crippen LogP contribution in [0.15, 0.2) is 0 Å². The summed E-state index contributed by atoms with van der Waals surface area (Å²) in [6.07, 6.45) is -1.57. The molecule has 1 saturated heterocycles. The highest BCUT2D eigenvalue weighted by molar-refractivity contribution is 6.74. The molecule has 1 N–H and O–H groups in total. The highest BCUT2D eigenvalue weighted by Gasteiger charge is 2.53. The van der Waals surface area contributed by atoms with Crippen molar-refractivity contribution in [2.75, 3.05) is 6.61 Å². The molecule has 0 aromatic rings. The SMILES string of the molecule is CC(C)(C)OC(=O)N[C@H](C=O)[C@@H](O[Si](C)(C)C(C)(C)C)[C@@H]1COC(C)(C)N1C(=O)OC(C)(C)C. The lowest BCUT2D eigenvalue weighted by Gasteiger charge is -2.44. The van der Waals surface area contributed by atoms with Crippen LogP contribution in [0.1, 0.15) is 76.2 Å². The Morgan fingerprint density at radius 2 is 1.53 bits per heavy atom. The molecular weight excluding hydrogens is 456 g/mol. The summed E-state index contributed by atoms with van der Waals surface area (Å²) >= 11 is 0. The van der Waals surface area contributed by atoms with Crippen LogP contribution in [0.2, 0.25) is 18.1 Å². The molecule has 0 unspecified atom stereocenters. The van der Waals surface area contributed by atoms with Crippen LogP contribution in [0.5, 0.6) is 0 Å². The van der Waals surface area contributed by atoms with Gasteiger partial charge in [-0.1, -0.05) is 20.8 Å². The first kappa shape index (κ1) is 30.4. The van der Waals surface area contributed by atoms with Crippen LogP contribution >= 0.6 is 0 Å². The molecule has 1 aliphatic rings. The van der Waals surface area contributed by atoms with Crippen molar-refractivity contribution >= 4 is 26.8 Å². The monoisotopic (exact) mass is 502 g/mol. The fourth-order valence-corrected chi connectivity index (χ4v) is 4.62. The van der Waals surface area contributed by atoms with Gasteiger partial charge in [-0.15, -0.1) is 0 Å². The third kappa shape index (κ3) is 8.23. The van der Waals surface area contributed by atoms with Crippen LogP contribution < -0.4 is 5.32 Å². The van der Waals surface area contributed by atoms with Crippen LogP contribution in [0.3, 0.4) is 0 Å². The molecule has 0 aromatic heterocycles. The first-order chi connectivity index (χ1) is 15.0. The van der Waals surface area contributed by atoms with E-state index in [2.05, 4.69) is 26.1 Å². The minimum absolute atomic E-state index is 0.117. The molecule has 198 valence electrons. The van der Waals surface area contributed by atoms with E-state index in [1.807, 2.05) is 13.1 Å². The maximum Gasteiger partial charge on any atom is 0.412 e. The molecule has 0 bridgehead atoms. The van der Waals surface area contributed by atoms with Gasteiger partial charge < -0.3 is 28.7 Å². The minimum Gasteiger partial charge on any atom is -0.444 e. The van der Waals surface area contributed by atoms with E-state index in [1.165, 1.54) is 4.90 Å². The number of nitrogens with one attached hydrogen (secondary N) is 1. The van der Waals surface area contributed by atoms with Gasteiger partial charge in [-0.25, -0.2) is 9.59 Å². The molecule has 1 fully saturated rings. The molecule has 9 nitrogen and oxygen atoms in total. The lowest BCUT2D eigenvalue weighted by Crippen LogP contribution is -2.62. The number of nitrogens with zero attached hydrogens (tertiary/aromatic N) is 1. The third-order valence-electron chi connectivity index (χ3n) is 5.91. The average molecular weight is 503 g/mol. The van der Waals surface area contributed by atoms with Gasteiger partial charge in [-0.2, -0.15) is 0 Å². The number of amides is 2. The van der Waals surface area contributed by atoms with Crippen LogP contribution in [-0.2, 0) is 23.4 Å². The van der Waals surface area contributed by atoms with Crippen molar-refractivity contribution in [3.8, 4) is 0 Å². The summed E-state index contributed by atoms with van der Waals surface area (Å²) in [6.45, 7) is 24.5. The summed E-state index contributed by atoms with van der Waals surface area (Å²) in [5.41, 5.74) is -2.47.